The van der Waals surface area contributed by atoms with Crippen LogP contribution in [0.15, 0.2) is 83.8 Å². The summed E-state index contributed by atoms with van der Waals surface area (Å²) in [5.41, 5.74) is 2.38. The van der Waals surface area contributed by atoms with Gasteiger partial charge in [0, 0.05) is 21.3 Å². The number of thioether (sulfide) groups is 1. The molecule has 3 aromatic carbocycles. The summed E-state index contributed by atoms with van der Waals surface area (Å²) in [5, 5.41) is 6.29. The molecule has 1 unspecified atom stereocenters. The number of amides is 2. The Labute approximate surface area is 186 Å². The molecule has 6 heteroatoms. The number of carbonyl (C=O) groups excluding carboxylic acids is 2. The second kappa shape index (κ2) is 10.9. The van der Waals surface area contributed by atoms with Crippen LogP contribution in [0.5, 0.6) is 0 Å². The monoisotopic (exact) mass is 438 g/mol. The Balaban J connectivity index is 1.60. The minimum absolute atomic E-state index is 0.0362. The second-order valence-corrected chi connectivity index (χ2v) is 8.46. The number of anilines is 2. The van der Waals surface area contributed by atoms with Gasteiger partial charge in [0.15, 0.2) is 0 Å². The number of hydrogen-bond acceptors (Lipinski definition) is 3. The van der Waals surface area contributed by atoms with Gasteiger partial charge < -0.3 is 10.6 Å². The molecular weight excluding hydrogens is 416 g/mol. The van der Waals surface area contributed by atoms with Crippen molar-refractivity contribution in [2.75, 3.05) is 10.6 Å². The zero-order valence-corrected chi connectivity index (χ0v) is 18.2. The molecule has 1 atom stereocenters. The Morgan fingerprint density at radius 3 is 2.30 bits per heavy atom. The summed E-state index contributed by atoms with van der Waals surface area (Å²) in [7, 11) is 0. The molecule has 154 valence electrons. The Morgan fingerprint density at radius 2 is 1.60 bits per heavy atom. The largest absolute Gasteiger partial charge is 0.326 e. The number of carbonyl (C=O) groups is 2. The van der Waals surface area contributed by atoms with Crippen LogP contribution < -0.4 is 10.6 Å². The quantitative estimate of drug-likeness (QED) is 0.422. The molecule has 0 fully saturated rings. The van der Waals surface area contributed by atoms with Gasteiger partial charge in [0.05, 0.1) is 11.7 Å². The van der Waals surface area contributed by atoms with Crippen LogP contribution in [0.2, 0.25) is 5.02 Å². The average molecular weight is 439 g/mol. The van der Waals surface area contributed by atoms with E-state index >= 15 is 0 Å². The average Bonchev–Trinajstić information content (AvgIpc) is 2.74. The summed E-state index contributed by atoms with van der Waals surface area (Å²) in [6, 6.07) is 24.2. The van der Waals surface area contributed by atoms with Crippen molar-refractivity contribution < 1.29 is 9.59 Å². The Hall–Kier alpha value is -2.76. The van der Waals surface area contributed by atoms with Gasteiger partial charge in [-0.3, -0.25) is 9.59 Å². The molecule has 0 aliphatic rings. The summed E-state index contributed by atoms with van der Waals surface area (Å²) >= 11 is 7.37. The molecule has 0 heterocycles. The highest BCUT2D eigenvalue weighted by molar-refractivity contribution is 8.00. The maximum absolute atomic E-state index is 12.6. The van der Waals surface area contributed by atoms with Gasteiger partial charge in [-0.15, -0.1) is 11.8 Å². The molecule has 30 heavy (non-hydrogen) atoms. The van der Waals surface area contributed by atoms with Crippen molar-refractivity contribution in [2.45, 2.75) is 29.9 Å². The Bertz CT molecular complexity index is 994. The fourth-order valence-electron chi connectivity index (χ4n) is 2.87. The SMILES string of the molecule is CCC(Sc1cccc(NC(=O)Cc2ccc(Cl)cc2)c1)C(=O)Nc1ccccc1. The van der Waals surface area contributed by atoms with E-state index in [0.29, 0.717) is 17.1 Å². The van der Waals surface area contributed by atoms with Crippen LogP contribution >= 0.6 is 23.4 Å². The van der Waals surface area contributed by atoms with E-state index < -0.39 is 0 Å². The Morgan fingerprint density at radius 1 is 0.900 bits per heavy atom. The minimum Gasteiger partial charge on any atom is -0.326 e. The number of halogens is 1. The van der Waals surface area contributed by atoms with Gasteiger partial charge in [0.2, 0.25) is 11.8 Å². The summed E-state index contributed by atoms with van der Waals surface area (Å²) < 4.78 is 0. The summed E-state index contributed by atoms with van der Waals surface area (Å²) in [6.07, 6.45) is 0.960. The van der Waals surface area contributed by atoms with E-state index in [1.807, 2.05) is 73.7 Å². The van der Waals surface area contributed by atoms with E-state index in [-0.39, 0.29) is 23.5 Å². The summed E-state index contributed by atoms with van der Waals surface area (Å²) in [5.74, 6) is -0.140. The fourth-order valence-corrected chi connectivity index (χ4v) is 4.01. The molecule has 0 spiro atoms. The first kappa shape index (κ1) is 21.9. The molecule has 0 aromatic heterocycles. The lowest BCUT2D eigenvalue weighted by atomic mass is 10.1. The van der Waals surface area contributed by atoms with Crippen molar-refractivity contribution in [1.82, 2.24) is 0 Å². The molecule has 3 aromatic rings. The molecule has 2 amide bonds. The molecule has 0 aliphatic heterocycles. The third kappa shape index (κ3) is 6.65. The van der Waals surface area contributed by atoms with Crippen molar-refractivity contribution in [1.29, 1.82) is 0 Å². The lowest BCUT2D eigenvalue weighted by Gasteiger charge is -2.15. The molecule has 2 N–H and O–H groups in total. The van der Waals surface area contributed by atoms with E-state index in [0.717, 1.165) is 16.1 Å². The lowest BCUT2D eigenvalue weighted by Crippen LogP contribution is -2.24. The Kier molecular flexibility index (Phi) is 7.94. The highest BCUT2D eigenvalue weighted by Crippen LogP contribution is 2.28. The van der Waals surface area contributed by atoms with E-state index in [9.17, 15) is 9.59 Å². The first-order valence-electron chi connectivity index (χ1n) is 9.70. The summed E-state index contributed by atoms with van der Waals surface area (Å²) in [6.45, 7) is 1.99. The third-order valence-electron chi connectivity index (χ3n) is 4.38. The van der Waals surface area contributed by atoms with Crippen molar-refractivity contribution in [3.63, 3.8) is 0 Å². The highest BCUT2D eigenvalue weighted by atomic mass is 35.5. The van der Waals surface area contributed by atoms with Crippen LogP contribution in [0.25, 0.3) is 0 Å². The minimum atomic E-state index is -0.231. The number of nitrogens with one attached hydrogen (secondary N) is 2. The smallest absolute Gasteiger partial charge is 0.237 e. The summed E-state index contributed by atoms with van der Waals surface area (Å²) in [4.78, 5) is 25.9. The van der Waals surface area contributed by atoms with Gasteiger partial charge in [-0.05, 0) is 54.4 Å². The molecule has 0 radical (unpaired) electrons. The predicted octanol–water partition coefficient (Wildman–Crippen LogP) is 6.03. The van der Waals surface area contributed by atoms with Gasteiger partial charge in [-0.2, -0.15) is 0 Å². The molecule has 0 saturated carbocycles. The van der Waals surface area contributed by atoms with Crippen LogP contribution in [0, 0.1) is 0 Å². The highest BCUT2D eigenvalue weighted by Gasteiger charge is 2.18. The van der Waals surface area contributed by atoms with E-state index in [1.165, 1.54) is 11.8 Å². The normalized spacial score (nSPS) is 11.5. The van der Waals surface area contributed by atoms with Gasteiger partial charge in [-0.1, -0.05) is 54.9 Å². The van der Waals surface area contributed by atoms with Gasteiger partial charge in [0.25, 0.3) is 0 Å². The van der Waals surface area contributed by atoms with Gasteiger partial charge in [0.1, 0.15) is 0 Å². The van der Waals surface area contributed by atoms with Gasteiger partial charge in [-0.25, -0.2) is 0 Å². The topological polar surface area (TPSA) is 58.2 Å². The fraction of sp³-hybridized carbons (Fsp3) is 0.167. The number of rotatable bonds is 8. The van der Waals surface area contributed by atoms with E-state index in [1.54, 1.807) is 12.1 Å². The zero-order valence-electron chi connectivity index (χ0n) is 16.6. The number of benzene rings is 3. The zero-order chi connectivity index (χ0) is 21.3. The molecular formula is C24H23ClN2O2S. The first-order chi connectivity index (χ1) is 14.5. The first-order valence-corrected chi connectivity index (χ1v) is 11.0. The van der Waals surface area contributed by atoms with Crippen LogP contribution in [0.1, 0.15) is 18.9 Å². The molecule has 0 saturated heterocycles. The second-order valence-electron chi connectivity index (χ2n) is 6.75. The predicted molar refractivity (Wildman–Crippen MR) is 125 cm³/mol. The van der Waals surface area contributed by atoms with Crippen LogP contribution in [0.3, 0.4) is 0 Å². The van der Waals surface area contributed by atoms with Crippen molar-refractivity contribution >= 4 is 46.6 Å². The molecule has 3 rings (SSSR count). The van der Waals surface area contributed by atoms with Crippen LogP contribution in [-0.4, -0.2) is 17.1 Å². The maximum atomic E-state index is 12.6. The molecule has 0 aliphatic carbocycles. The lowest BCUT2D eigenvalue weighted by molar-refractivity contribution is -0.116. The third-order valence-corrected chi connectivity index (χ3v) is 5.99. The van der Waals surface area contributed by atoms with Crippen molar-refractivity contribution in [3.05, 3.63) is 89.4 Å². The van der Waals surface area contributed by atoms with Crippen LogP contribution in [-0.2, 0) is 16.0 Å². The standard InChI is InChI=1S/C24H23ClN2O2S/c1-2-22(24(29)27-19-7-4-3-5-8-19)30-21-10-6-9-20(16-21)26-23(28)15-17-11-13-18(25)14-12-17/h3-14,16,22H,2,15H2,1H3,(H,26,28)(H,27,29). The van der Waals surface area contributed by atoms with Gasteiger partial charge >= 0.3 is 0 Å². The van der Waals surface area contributed by atoms with E-state index in [2.05, 4.69) is 10.6 Å². The molecule has 0 bridgehead atoms. The van der Waals surface area contributed by atoms with Crippen molar-refractivity contribution in [2.24, 2.45) is 0 Å². The number of hydrogen-bond donors (Lipinski definition) is 2. The van der Waals surface area contributed by atoms with E-state index in [4.69, 9.17) is 11.6 Å². The molecule has 4 nitrogen and oxygen atoms in total. The van der Waals surface area contributed by atoms with Crippen molar-refractivity contribution in [3.8, 4) is 0 Å². The number of para-hydroxylation sites is 1. The maximum Gasteiger partial charge on any atom is 0.237 e. The van der Waals surface area contributed by atoms with Crippen LogP contribution in [0.4, 0.5) is 11.4 Å².